The third-order valence-electron chi connectivity index (χ3n) is 5.06. The lowest BCUT2D eigenvalue weighted by atomic mass is 10.1. The van der Waals surface area contributed by atoms with Crippen molar-refractivity contribution in [2.24, 2.45) is 0 Å². The van der Waals surface area contributed by atoms with E-state index in [0.717, 1.165) is 18.4 Å². The Labute approximate surface area is 186 Å². The van der Waals surface area contributed by atoms with E-state index in [9.17, 15) is 18.0 Å². The highest BCUT2D eigenvalue weighted by Crippen LogP contribution is 2.22. The molecule has 1 aliphatic rings. The number of aryl methyl sites for hydroxylation is 1. The average Bonchev–Trinajstić information content (AvgIpc) is 3.59. The summed E-state index contributed by atoms with van der Waals surface area (Å²) in [7, 11) is -3.79. The Balaban J connectivity index is 1.47. The van der Waals surface area contributed by atoms with Crippen LogP contribution in [0.1, 0.15) is 39.1 Å². The number of nitrogens with one attached hydrogen (secondary N) is 3. The van der Waals surface area contributed by atoms with Gasteiger partial charge in [0.1, 0.15) is 0 Å². The Morgan fingerprint density at radius 2 is 1.50 bits per heavy atom. The number of hydrogen-bond donors (Lipinski definition) is 3. The van der Waals surface area contributed by atoms with Crippen LogP contribution in [0.4, 0.5) is 11.4 Å². The second kappa shape index (κ2) is 8.84. The van der Waals surface area contributed by atoms with Gasteiger partial charge in [0.2, 0.25) is 0 Å². The molecule has 1 aliphatic carbocycles. The number of carbonyl (C=O) groups is 2. The van der Waals surface area contributed by atoms with E-state index in [4.69, 9.17) is 0 Å². The van der Waals surface area contributed by atoms with Crippen molar-refractivity contribution in [1.82, 2.24) is 5.32 Å². The zero-order chi connectivity index (χ0) is 22.7. The van der Waals surface area contributed by atoms with Crippen molar-refractivity contribution in [3.8, 4) is 0 Å². The quantitative estimate of drug-likeness (QED) is 0.508. The molecule has 0 aliphatic heterocycles. The zero-order valence-corrected chi connectivity index (χ0v) is 18.3. The Bertz CT molecular complexity index is 1250. The molecule has 0 aromatic heterocycles. The monoisotopic (exact) mass is 449 g/mol. The summed E-state index contributed by atoms with van der Waals surface area (Å²) in [5.41, 5.74) is 2.53. The van der Waals surface area contributed by atoms with Crippen molar-refractivity contribution in [3.05, 3.63) is 89.5 Å². The van der Waals surface area contributed by atoms with Crippen molar-refractivity contribution in [2.75, 3.05) is 10.0 Å². The Morgan fingerprint density at radius 1 is 0.844 bits per heavy atom. The maximum Gasteiger partial charge on any atom is 0.261 e. The molecule has 164 valence electrons. The fraction of sp³-hybridized carbons (Fsp3) is 0.167. The van der Waals surface area contributed by atoms with Gasteiger partial charge in [-0.1, -0.05) is 29.8 Å². The third-order valence-corrected chi connectivity index (χ3v) is 6.46. The highest BCUT2D eigenvalue weighted by Gasteiger charge is 2.25. The van der Waals surface area contributed by atoms with Crippen LogP contribution in [0.3, 0.4) is 0 Å². The summed E-state index contributed by atoms with van der Waals surface area (Å²) in [5.74, 6) is -0.667. The molecular formula is C24H23N3O4S. The summed E-state index contributed by atoms with van der Waals surface area (Å²) in [4.78, 5) is 25.2. The van der Waals surface area contributed by atoms with Gasteiger partial charge in [-0.3, -0.25) is 14.3 Å². The summed E-state index contributed by atoms with van der Waals surface area (Å²) in [6, 6.07) is 19.6. The van der Waals surface area contributed by atoms with Crippen LogP contribution in [0.5, 0.6) is 0 Å². The van der Waals surface area contributed by atoms with Gasteiger partial charge < -0.3 is 10.6 Å². The van der Waals surface area contributed by atoms with E-state index in [1.165, 1.54) is 24.3 Å². The largest absolute Gasteiger partial charge is 0.349 e. The van der Waals surface area contributed by atoms with E-state index in [2.05, 4.69) is 15.4 Å². The molecule has 0 bridgehead atoms. The highest BCUT2D eigenvalue weighted by atomic mass is 32.2. The van der Waals surface area contributed by atoms with Crippen LogP contribution in [0.15, 0.2) is 77.7 Å². The predicted molar refractivity (Wildman–Crippen MR) is 123 cm³/mol. The highest BCUT2D eigenvalue weighted by molar-refractivity contribution is 7.92. The number of hydrogen-bond acceptors (Lipinski definition) is 4. The van der Waals surface area contributed by atoms with Crippen LogP contribution in [0.2, 0.25) is 0 Å². The minimum atomic E-state index is -3.79. The first-order valence-corrected chi connectivity index (χ1v) is 11.7. The van der Waals surface area contributed by atoms with Crippen LogP contribution < -0.4 is 15.4 Å². The van der Waals surface area contributed by atoms with Gasteiger partial charge in [-0.05, 0) is 68.3 Å². The molecule has 0 unspecified atom stereocenters. The van der Waals surface area contributed by atoms with Crippen LogP contribution in [-0.2, 0) is 10.0 Å². The Hall–Kier alpha value is -3.65. The first kappa shape index (κ1) is 21.6. The number of anilines is 2. The molecule has 0 heterocycles. The van der Waals surface area contributed by atoms with E-state index in [0.29, 0.717) is 16.9 Å². The number of amides is 2. The Kier molecular flexibility index (Phi) is 5.96. The molecule has 1 saturated carbocycles. The SMILES string of the molecule is Cc1ccc(NS(=O)(=O)c2ccc(C(=O)Nc3ccccc3C(=O)NC3CC3)cc2)cc1. The second-order valence-electron chi connectivity index (χ2n) is 7.74. The van der Waals surface area contributed by atoms with Gasteiger partial charge in [0.15, 0.2) is 0 Å². The average molecular weight is 450 g/mol. The number of sulfonamides is 1. The summed E-state index contributed by atoms with van der Waals surface area (Å²) in [5, 5.41) is 5.65. The standard InChI is InChI=1S/C24H23N3O4S/c1-16-6-10-19(11-7-16)27-32(30,31)20-14-8-17(9-15-20)23(28)26-22-5-3-2-4-21(22)24(29)25-18-12-13-18/h2-11,14-15,18,27H,12-13H2,1H3,(H,25,29)(H,26,28). The molecular weight excluding hydrogens is 426 g/mol. The smallest absolute Gasteiger partial charge is 0.261 e. The fourth-order valence-electron chi connectivity index (χ4n) is 3.10. The summed E-state index contributed by atoms with van der Waals surface area (Å²) < 4.78 is 27.7. The van der Waals surface area contributed by atoms with Gasteiger partial charge >= 0.3 is 0 Å². The third kappa shape index (κ3) is 5.15. The first-order valence-electron chi connectivity index (χ1n) is 10.2. The molecule has 1 fully saturated rings. The molecule has 7 nitrogen and oxygen atoms in total. The molecule has 32 heavy (non-hydrogen) atoms. The molecule has 2 amide bonds. The number of carbonyl (C=O) groups excluding carboxylic acids is 2. The molecule has 0 radical (unpaired) electrons. The lowest BCUT2D eigenvalue weighted by Crippen LogP contribution is -2.27. The molecule has 3 aromatic rings. The number of para-hydroxylation sites is 1. The van der Waals surface area contributed by atoms with Gasteiger partial charge in [0.25, 0.3) is 21.8 Å². The molecule has 4 rings (SSSR count). The van der Waals surface area contributed by atoms with Crippen molar-refractivity contribution in [2.45, 2.75) is 30.7 Å². The number of rotatable bonds is 7. The molecule has 8 heteroatoms. The van der Waals surface area contributed by atoms with Gasteiger partial charge in [-0.2, -0.15) is 0 Å². The minimum Gasteiger partial charge on any atom is -0.349 e. The van der Waals surface area contributed by atoms with Crippen LogP contribution in [0, 0.1) is 6.92 Å². The second-order valence-corrected chi connectivity index (χ2v) is 9.43. The summed E-state index contributed by atoms with van der Waals surface area (Å²) in [6.45, 7) is 1.92. The zero-order valence-electron chi connectivity index (χ0n) is 17.5. The van der Waals surface area contributed by atoms with Gasteiger partial charge in [0, 0.05) is 17.3 Å². The van der Waals surface area contributed by atoms with Gasteiger partial charge in [-0.25, -0.2) is 8.42 Å². The molecule has 0 spiro atoms. The number of benzene rings is 3. The maximum atomic E-state index is 12.7. The van der Waals surface area contributed by atoms with Crippen molar-refractivity contribution in [3.63, 3.8) is 0 Å². The minimum absolute atomic E-state index is 0.0406. The first-order chi connectivity index (χ1) is 15.3. The summed E-state index contributed by atoms with van der Waals surface area (Å²) in [6.07, 6.45) is 1.93. The van der Waals surface area contributed by atoms with Gasteiger partial charge in [-0.15, -0.1) is 0 Å². The van der Waals surface area contributed by atoms with E-state index < -0.39 is 15.9 Å². The summed E-state index contributed by atoms with van der Waals surface area (Å²) >= 11 is 0. The van der Waals surface area contributed by atoms with Crippen LogP contribution in [0.25, 0.3) is 0 Å². The van der Waals surface area contributed by atoms with Crippen molar-refractivity contribution < 1.29 is 18.0 Å². The van der Waals surface area contributed by atoms with Crippen LogP contribution >= 0.6 is 0 Å². The lowest BCUT2D eigenvalue weighted by Gasteiger charge is -2.12. The fourth-order valence-corrected chi connectivity index (χ4v) is 4.16. The lowest BCUT2D eigenvalue weighted by molar-refractivity contribution is 0.0952. The van der Waals surface area contributed by atoms with E-state index in [-0.39, 0.29) is 22.4 Å². The van der Waals surface area contributed by atoms with Crippen molar-refractivity contribution >= 4 is 33.2 Å². The molecule has 0 atom stereocenters. The van der Waals surface area contributed by atoms with Crippen LogP contribution in [-0.4, -0.2) is 26.3 Å². The molecule has 3 N–H and O–H groups in total. The van der Waals surface area contributed by atoms with Crippen molar-refractivity contribution in [1.29, 1.82) is 0 Å². The predicted octanol–water partition coefficient (Wildman–Crippen LogP) is 3.94. The molecule has 0 saturated heterocycles. The maximum absolute atomic E-state index is 12.7. The Morgan fingerprint density at radius 3 is 2.16 bits per heavy atom. The topological polar surface area (TPSA) is 104 Å². The van der Waals surface area contributed by atoms with Gasteiger partial charge in [0.05, 0.1) is 16.1 Å². The molecule has 3 aromatic carbocycles. The van der Waals surface area contributed by atoms with E-state index in [1.54, 1.807) is 36.4 Å². The van der Waals surface area contributed by atoms with E-state index in [1.807, 2.05) is 19.1 Å². The van der Waals surface area contributed by atoms with E-state index >= 15 is 0 Å². The normalized spacial score (nSPS) is 13.3.